The first kappa shape index (κ1) is 12.7. The van der Waals surface area contributed by atoms with Crippen LogP contribution in [0.15, 0.2) is 33.6 Å². The number of hydrogen-bond donors (Lipinski definition) is 1. The van der Waals surface area contributed by atoms with Crippen molar-refractivity contribution in [3.63, 3.8) is 0 Å². The molecule has 0 radical (unpaired) electrons. The van der Waals surface area contributed by atoms with Gasteiger partial charge in [0.2, 0.25) is 0 Å². The largest absolute Gasteiger partial charge is 0.364 e. The maximum atomic E-state index is 11.9. The monoisotopic (exact) mass is 327 g/mol. The fourth-order valence-corrected chi connectivity index (χ4v) is 2.22. The van der Waals surface area contributed by atoms with E-state index in [0.29, 0.717) is 10.2 Å². The summed E-state index contributed by atoms with van der Waals surface area (Å²) >= 11 is 4.58. The van der Waals surface area contributed by atoms with Crippen molar-refractivity contribution >= 4 is 44.7 Å². The van der Waals surface area contributed by atoms with E-state index in [9.17, 15) is 14.9 Å². The van der Waals surface area contributed by atoms with E-state index in [4.69, 9.17) is 0 Å². The van der Waals surface area contributed by atoms with Gasteiger partial charge in [0.15, 0.2) is 6.20 Å². The highest BCUT2D eigenvalue weighted by Gasteiger charge is 2.17. The van der Waals surface area contributed by atoms with Crippen LogP contribution in [0.4, 0.5) is 11.5 Å². The van der Waals surface area contributed by atoms with E-state index in [-0.39, 0.29) is 11.4 Å². The first-order chi connectivity index (χ1) is 8.58. The topological polar surface area (TPSA) is 85.1 Å². The van der Waals surface area contributed by atoms with Gasteiger partial charge in [0, 0.05) is 11.4 Å². The molecule has 0 aliphatic heterocycles. The van der Waals surface area contributed by atoms with E-state index in [1.54, 1.807) is 11.4 Å². The number of nitrogens with zero attached hydrogens (tertiary/aromatic N) is 2. The van der Waals surface area contributed by atoms with Crippen LogP contribution in [0, 0.1) is 10.1 Å². The molecule has 1 amide bonds. The number of halogens is 1. The predicted octanol–water partition coefficient (Wildman–Crippen LogP) is 3.07. The average molecular weight is 328 g/mol. The van der Waals surface area contributed by atoms with E-state index >= 15 is 0 Å². The molecule has 8 heteroatoms. The van der Waals surface area contributed by atoms with Gasteiger partial charge in [-0.3, -0.25) is 4.79 Å². The lowest BCUT2D eigenvalue weighted by molar-refractivity contribution is -0.389. The lowest BCUT2D eigenvalue weighted by atomic mass is 10.2. The summed E-state index contributed by atoms with van der Waals surface area (Å²) in [6.45, 7) is 0. The zero-order valence-electron chi connectivity index (χ0n) is 8.79. The number of amides is 1. The molecule has 2 aromatic heterocycles. The molecule has 0 atom stereocenters. The molecule has 0 bridgehead atoms. The Kier molecular flexibility index (Phi) is 3.68. The third-order valence-electron chi connectivity index (χ3n) is 2.05. The molecule has 0 aliphatic carbocycles. The van der Waals surface area contributed by atoms with Crippen molar-refractivity contribution in [1.82, 2.24) is 4.98 Å². The highest BCUT2D eigenvalue weighted by molar-refractivity contribution is 9.10. The molecule has 6 nitrogen and oxygen atoms in total. The summed E-state index contributed by atoms with van der Waals surface area (Å²) in [5.41, 5.74) is 0.819. The van der Waals surface area contributed by atoms with E-state index in [0.717, 1.165) is 6.07 Å². The Balaban J connectivity index is 2.29. The Labute approximate surface area is 114 Å². The second kappa shape index (κ2) is 5.23. The molecule has 0 aromatic carbocycles. The second-order valence-electron chi connectivity index (χ2n) is 3.25. The van der Waals surface area contributed by atoms with Crippen LogP contribution >= 0.6 is 27.3 Å². The van der Waals surface area contributed by atoms with Crippen molar-refractivity contribution in [3.05, 3.63) is 49.2 Å². The molecule has 0 saturated carbocycles. The van der Waals surface area contributed by atoms with Crippen molar-refractivity contribution in [2.75, 3.05) is 5.32 Å². The quantitative estimate of drug-likeness (QED) is 0.693. The number of thiophene rings is 1. The average Bonchev–Trinajstić information content (AvgIpc) is 2.81. The zero-order valence-corrected chi connectivity index (χ0v) is 11.2. The van der Waals surface area contributed by atoms with Gasteiger partial charge in [0.1, 0.15) is 0 Å². The van der Waals surface area contributed by atoms with Gasteiger partial charge in [-0.2, -0.15) is 11.3 Å². The molecule has 0 unspecified atom stereocenters. The lowest BCUT2D eigenvalue weighted by Gasteiger charge is -2.03. The SMILES string of the molecule is O=C(Nc1ccsc1)c1cc([N+](=O)[O-])ncc1Br. The van der Waals surface area contributed by atoms with Crippen LogP contribution in [0.25, 0.3) is 0 Å². The number of rotatable bonds is 3. The molecule has 2 aromatic rings. The van der Waals surface area contributed by atoms with Gasteiger partial charge < -0.3 is 15.4 Å². The summed E-state index contributed by atoms with van der Waals surface area (Å²) in [6, 6.07) is 2.87. The molecule has 2 rings (SSSR count). The third kappa shape index (κ3) is 2.71. The second-order valence-corrected chi connectivity index (χ2v) is 4.88. The van der Waals surface area contributed by atoms with Gasteiger partial charge in [-0.05, 0) is 37.3 Å². The van der Waals surface area contributed by atoms with Crippen LogP contribution in [0.5, 0.6) is 0 Å². The van der Waals surface area contributed by atoms with Crippen LogP contribution in [0.1, 0.15) is 10.4 Å². The number of nitrogens with one attached hydrogen (secondary N) is 1. The van der Waals surface area contributed by atoms with E-state index < -0.39 is 10.8 Å². The van der Waals surface area contributed by atoms with E-state index in [2.05, 4.69) is 26.2 Å². The third-order valence-corrected chi connectivity index (χ3v) is 3.37. The van der Waals surface area contributed by atoms with Crippen molar-refractivity contribution < 1.29 is 9.72 Å². The minimum absolute atomic E-state index is 0.169. The highest BCUT2D eigenvalue weighted by Crippen LogP contribution is 2.21. The summed E-state index contributed by atoms with van der Waals surface area (Å²) in [7, 11) is 0. The number of carbonyl (C=O) groups is 1. The highest BCUT2D eigenvalue weighted by atomic mass is 79.9. The smallest absolute Gasteiger partial charge is 0.358 e. The van der Waals surface area contributed by atoms with Crippen LogP contribution in [-0.4, -0.2) is 15.8 Å². The Morgan fingerprint density at radius 3 is 2.94 bits per heavy atom. The molecular formula is C10H6BrN3O3S. The Morgan fingerprint density at radius 2 is 2.33 bits per heavy atom. The standard InChI is InChI=1S/C10H6BrN3O3S/c11-8-4-12-9(14(16)17)3-7(8)10(15)13-6-1-2-18-5-6/h1-5H,(H,13,15). The molecule has 0 fully saturated rings. The Morgan fingerprint density at radius 1 is 1.56 bits per heavy atom. The minimum Gasteiger partial charge on any atom is -0.358 e. The van der Waals surface area contributed by atoms with E-state index in [1.807, 2.05) is 5.38 Å². The lowest BCUT2D eigenvalue weighted by Crippen LogP contribution is -2.12. The summed E-state index contributed by atoms with van der Waals surface area (Å²) in [5, 5.41) is 16.8. The predicted molar refractivity (Wildman–Crippen MR) is 70.9 cm³/mol. The molecule has 1 N–H and O–H groups in total. The van der Waals surface area contributed by atoms with Crippen molar-refractivity contribution in [2.45, 2.75) is 0 Å². The summed E-state index contributed by atoms with van der Waals surface area (Å²) in [5.74, 6) is -0.792. The Hall–Kier alpha value is -1.80. The maximum Gasteiger partial charge on any atom is 0.364 e. The van der Waals surface area contributed by atoms with Gasteiger partial charge in [-0.1, -0.05) is 0 Å². The van der Waals surface area contributed by atoms with Gasteiger partial charge >= 0.3 is 5.82 Å². The number of hydrogen-bond acceptors (Lipinski definition) is 5. The van der Waals surface area contributed by atoms with E-state index in [1.165, 1.54) is 17.5 Å². The van der Waals surface area contributed by atoms with Gasteiger partial charge in [0.05, 0.1) is 15.7 Å². The minimum atomic E-state index is -0.645. The normalized spacial score (nSPS) is 10.1. The van der Waals surface area contributed by atoms with Crippen LogP contribution in [0.3, 0.4) is 0 Å². The number of anilines is 1. The van der Waals surface area contributed by atoms with Crippen molar-refractivity contribution in [2.24, 2.45) is 0 Å². The first-order valence-corrected chi connectivity index (χ1v) is 6.45. The number of pyridine rings is 1. The van der Waals surface area contributed by atoms with Gasteiger partial charge in [-0.25, -0.2) is 0 Å². The summed E-state index contributed by atoms with van der Waals surface area (Å²) < 4.78 is 0.404. The summed E-state index contributed by atoms with van der Waals surface area (Å²) in [4.78, 5) is 25.5. The first-order valence-electron chi connectivity index (χ1n) is 4.71. The molecular weight excluding hydrogens is 322 g/mol. The maximum absolute atomic E-state index is 11.9. The molecule has 92 valence electrons. The fourth-order valence-electron chi connectivity index (χ4n) is 1.24. The Bertz CT molecular complexity index is 600. The van der Waals surface area contributed by atoms with Crippen LogP contribution in [-0.2, 0) is 0 Å². The van der Waals surface area contributed by atoms with Crippen molar-refractivity contribution in [3.8, 4) is 0 Å². The molecule has 18 heavy (non-hydrogen) atoms. The number of aromatic nitrogens is 1. The molecule has 2 heterocycles. The van der Waals surface area contributed by atoms with Crippen LogP contribution < -0.4 is 5.32 Å². The fraction of sp³-hybridized carbons (Fsp3) is 0. The molecule has 0 saturated heterocycles. The van der Waals surface area contributed by atoms with Crippen molar-refractivity contribution in [1.29, 1.82) is 0 Å². The van der Waals surface area contributed by atoms with Gasteiger partial charge in [0.25, 0.3) is 5.91 Å². The molecule has 0 spiro atoms. The van der Waals surface area contributed by atoms with Gasteiger partial charge in [-0.15, -0.1) is 0 Å². The summed E-state index contributed by atoms with van der Waals surface area (Å²) in [6.07, 6.45) is 1.24. The zero-order chi connectivity index (χ0) is 13.1. The number of carbonyl (C=O) groups excluding carboxylic acids is 1. The number of nitro groups is 1. The van der Waals surface area contributed by atoms with Crippen LogP contribution in [0.2, 0.25) is 0 Å². The molecule has 0 aliphatic rings.